The second kappa shape index (κ2) is 9.06. The summed E-state index contributed by atoms with van der Waals surface area (Å²) in [6.45, 7) is 2.42. The van der Waals surface area contributed by atoms with Crippen molar-refractivity contribution in [3.05, 3.63) is 58.9 Å². The molecule has 33 heavy (non-hydrogen) atoms. The number of piperidine rings is 1. The highest BCUT2D eigenvalue weighted by atomic mass is 35.5. The molecule has 0 spiro atoms. The summed E-state index contributed by atoms with van der Waals surface area (Å²) >= 11 is 6.32. The van der Waals surface area contributed by atoms with Crippen LogP contribution < -0.4 is 0 Å². The first-order valence-corrected chi connectivity index (χ1v) is 12.9. The Morgan fingerprint density at radius 2 is 1.79 bits per heavy atom. The zero-order valence-electron chi connectivity index (χ0n) is 18.0. The van der Waals surface area contributed by atoms with Crippen LogP contribution in [0.5, 0.6) is 0 Å². The summed E-state index contributed by atoms with van der Waals surface area (Å²) in [7, 11) is -3.71. The summed E-state index contributed by atoms with van der Waals surface area (Å²) in [4.78, 5) is 23.2. The maximum Gasteiger partial charge on any atom is 0.255 e. The highest BCUT2D eigenvalue weighted by molar-refractivity contribution is 7.89. The summed E-state index contributed by atoms with van der Waals surface area (Å²) in [5.74, 6) is 0.937. The van der Waals surface area contributed by atoms with Crippen LogP contribution in [-0.4, -0.2) is 72.9 Å². The molecule has 0 atom stereocenters. The number of fused-ring (bicyclic) bond motifs is 1. The Bertz CT molecular complexity index is 1250. The molecule has 174 valence electrons. The van der Waals surface area contributed by atoms with Gasteiger partial charge < -0.3 is 14.6 Å². The molecule has 2 fully saturated rings. The standard InChI is InChI=1S/C23H25ClN4O4S/c24-19-6-5-17(33(30,31)28-11-13-32-14-12-28)15-18(19)23(29)27-9-7-16(8-10-27)22-25-20-3-1-2-4-21(20)26-22/h1-6,15-16H,7-14H2,(H,25,26). The number of H-pyrrole nitrogens is 1. The first-order valence-electron chi connectivity index (χ1n) is 11.0. The quantitative estimate of drug-likeness (QED) is 0.608. The minimum atomic E-state index is -3.71. The Balaban J connectivity index is 1.31. The highest BCUT2D eigenvalue weighted by Gasteiger charge is 2.30. The van der Waals surface area contributed by atoms with E-state index >= 15 is 0 Å². The van der Waals surface area contributed by atoms with Crippen LogP contribution in [-0.2, 0) is 14.8 Å². The lowest BCUT2D eigenvalue weighted by molar-refractivity contribution is 0.0710. The van der Waals surface area contributed by atoms with Crippen molar-refractivity contribution in [2.24, 2.45) is 0 Å². The molecule has 0 radical (unpaired) electrons. The number of benzene rings is 2. The fourth-order valence-electron chi connectivity index (χ4n) is 4.46. The second-order valence-electron chi connectivity index (χ2n) is 8.36. The smallest absolute Gasteiger partial charge is 0.255 e. The van der Waals surface area contributed by atoms with Crippen LogP contribution in [0.4, 0.5) is 0 Å². The third-order valence-electron chi connectivity index (χ3n) is 6.35. The Morgan fingerprint density at radius 1 is 1.06 bits per heavy atom. The molecule has 2 aliphatic rings. The number of carbonyl (C=O) groups excluding carboxylic acids is 1. The fraction of sp³-hybridized carbons (Fsp3) is 0.391. The molecule has 3 heterocycles. The number of rotatable bonds is 4. The van der Waals surface area contributed by atoms with Crippen LogP contribution in [0.3, 0.4) is 0 Å². The summed E-state index contributed by atoms with van der Waals surface area (Å²) < 4.78 is 32.7. The monoisotopic (exact) mass is 488 g/mol. The number of para-hydroxylation sites is 2. The van der Waals surface area contributed by atoms with Gasteiger partial charge in [0.05, 0.1) is 39.7 Å². The van der Waals surface area contributed by atoms with E-state index in [9.17, 15) is 13.2 Å². The predicted molar refractivity (Wildman–Crippen MR) is 125 cm³/mol. The molecular weight excluding hydrogens is 464 g/mol. The van der Waals surface area contributed by atoms with E-state index in [0.717, 1.165) is 29.7 Å². The van der Waals surface area contributed by atoms with E-state index in [2.05, 4.69) is 4.98 Å². The number of likely N-dealkylation sites (tertiary alicyclic amines) is 1. The van der Waals surface area contributed by atoms with Gasteiger partial charge in [-0.25, -0.2) is 13.4 Å². The maximum atomic E-state index is 13.2. The Morgan fingerprint density at radius 3 is 2.52 bits per heavy atom. The van der Waals surface area contributed by atoms with Gasteiger partial charge in [0.15, 0.2) is 0 Å². The molecule has 0 aliphatic carbocycles. The van der Waals surface area contributed by atoms with Gasteiger partial charge in [-0.1, -0.05) is 23.7 Å². The van der Waals surface area contributed by atoms with E-state index in [4.69, 9.17) is 21.3 Å². The Kier molecular flexibility index (Phi) is 6.13. The van der Waals surface area contributed by atoms with Crippen molar-refractivity contribution in [3.8, 4) is 0 Å². The van der Waals surface area contributed by atoms with E-state index in [1.54, 1.807) is 4.90 Å². The van der Waals surface area contributed by atoms with Crippen molar-refractivity contribution >= 4 is 38.6 Å². The second-order valence-corrected chi connectivity index (χ2v) is 10.7. The van der Waals surface area contributed by atoms with Gasteiger partial charge in [-0.05, 0) is 43.2 Å². The molecule has 3 aromatic rings. The summed E-state index contributed by atoms with van der Waals surface area (Å²) in [5, 5.41) is 0.250. The topological polar surface area (TPSA) is 95.6 Å². The van der Waals surface area contributed by atoms with Gasteiger partial charge in [0.2, 0.25) is 10.0 Å². The van der Waals surface area contributed by atoms with Crippen LogP contribution in [0, 0.1) is 0 Å². The van der Waals surface area contributed by atoms with Crippen molar-refractivity contribution < 1.29 is 17.9 Å². The van der Waals surface area contributed by atoms with Crippen molar-refractivity contribution in [2.75, 3.05) is 39.4 Å². The van der Waals surface area contributed by atoms with Gasteiger partial charge >= 0.3 is 0 Å². The minimum Gasteiger partial charge on any atom is -0.379 e. The van der Waals surface area contributed by atoms with Gasteiger partial charge in [0.25, 0.3) is 5.91 Å². The van der Waals surface area contributed by atoms with Crippen molar-refractivity contribution in [1.82, 2.24) is 19.2 Å². The van der Waals surface area contributed by atoms with Crippen molar-refractivity contribution in [3.63, 3.8) is 0 Å². The SMILES string of the molecule is O=C(c1cc(S(=O)(=O)N2CCOCC2)ccc1Cl)N1CCC(c2nc3ccccc3[nH]2)CC1. The number of halogens is 1. The first kappa shape index (κ1) is 22.3. The number of morpholine rings is 1. The molecule has 0 unspecified atom stereocenters. The van der Waals surface area contributed by atoms with Crippen LogP contribution in [0.25, 0.3) is 11.0 Å². The number of carbonyl (C=O) groups is 1. The number of ether oxygens (including phenoxy) is 1. The largest absolute Gasteiger partial charge is 0.379 e. The highest BCUT2D eigenvalue weighted by Crippen LogP contribution is 2.30. The fourth-order valence-corrected chi connectivity index (χ4v) is 6.09. The number of sulfonamides is 1. The lowest BCUT2D eigenvalue weighted by atomic mass is 9.95. The van der Waals surface area contributed by atoms with Gasteiger partial charge in [-0.2, -0.15) is 4.31 Å². The lowest BCUT2D eigenvalue weighted by Gasteiger charge is -2.31. The van der Waals surface area contributed by atoms with Gasteiger partial charge in [-0.15, -0.1) is 0 Å². The zero-order valence-corrected chi connectivity index (χ0v) is 19.6. The molecule has 0 saturated carbocycles. The van der Waals surface area contributed by atoms with Gasteiger partial charge in [0.1, 0.15) is 5.82 Å². The van der Waals surface area contributed by atoms with Crippen LogP contribution in [0.1, 0.15) is 34.9 Å². The minimum absolute atomic E-state index is 0.0781. The molecule has 10 heteroatoms. The van der Waals surface area contributed by atoms with E-state index in [1.165, 1.54) is 22.5 Å². The normalized spacial score (nSPS) is 18.6. The number of aromatic nitrogens is 2. The third-order valence-corrected chi connectivity index (χ3v) is 8.58. The van der Waals surface area contributed by atoms with E-state index in [-0.39, 0.29) is 27.3 Å². The average Bonchev–Trinajstić information content (AvgIpc) is 3.29. The predicted octanol–water partition coefficient (Wildman–Crippen LogP) is 3.26. The molecule has 5 rings (SSSR count). The van der Waals surface area contributed by atoms with Crippen LogP contribution in [0.2, 0.25) is 5.02 Å². The number of imidazole rings is 1. The number of nitrogens with one attached hydrogen (secondary N) is 1. The molecule has 2 aliphatic heterocycles. The van der Waals surface area contributed by atoms with Crippen molar-refractivity contribution in [2.45, 2.75) is 23.7 Å². The van der Waals surface area contributed by atoms with E-state index in [1.807, 2.05) is 24.3 Å². The molecule has 1 amide bonds. The first-order chi connectivity index (χ1) is 15.9. The number of hydrogen-bond acceptors (Lipinski definition) is 5. The van der Waals surface area contributed by atoms with Crippen molar-refractivity contribution in [1.29, 1.82) is 0 Å². The van der Waals surface area contributed by atoms with Crippen LogP contribution in [0.15, 0.2) is 47.4 Å². The maximum absolute atomic E-state index is 13.2. The summed E-state index contributed by atoms with van der Waals surface area (Å²) in [5.41, 5.74) is 2.17. The van der Waals surface area contributed by atoms with E-state index in [0.29, 0.717) is 39.4 Å². The number of hydrogen-bond donors (Lipinski definition) is 1. The molecule has 0 bridgehead atoms. The number of aromatic amines is 1. The third kappa shape index (κ3) is 4.38. The Labute approximate surface area is 197 Å². The zero-order chi connectivity index (χ0) is 23.0. The molecule has 2 aromatic carbocycles. The molecule has 1 N–H and O–H groups in total. The van der Waals surface area contributed by atoms with Crippen LogP contribution >= 0.6 is 11.6 Å². The molecule has 1 aromatic heterocycles. The molecule has 2 saturated heterocycles. The summed E-state index contributed by atoms with van der Waals surface area (Å²) in [6, 6.07) is 12.3. The van der Waals surface area contributed by atoms with Gasteiger partial charge in [0, 0.05) is 32.1 Å². The number of amides is 1. The average molecular weight is 489 g/mol. The van der Waals surface area contributed by atoms with Gasteiger partial charge in [-0.3, -0.25) is 4.79 Å². The summed E-state index contributed by atoms with van der Waals surface area (Å²) in [6.07, 6.45) is 1.55. The molecule has 8 nitrogen and oxygen atoms in total. The molecular formula is C23H25ClN4O4S. The van der Waals surface area contributed by atoms with E-state index < -0.39 is 10.0 Å². The number of nitrogens with zero attached hydrogens (tertiary/aromatic N) is 3. The Hall–Kier alpha value is -2.46. The lowest BCUT2D eigenvalue weighted by Crippen LogP contribution is -2.41.